The Hall–Kier alpha value is -2.28. The Morgan fingerprint density at radius 2 is 1.94 bits per heavy atom. The molecule has 0 saturated heterocycles. The molecule has 1 aliphatic heterocycles. The van der Waals surface area contributed by atoms with Crippen LogP contribution in [0.25, 0.3) is 11.1 Å². The summed E-state index contributed by atoms with van der Waals surface area (Å²) in [6.07, 6.45) is 8.76. The van der Waals surface area contributed by atoms with Gasteiger partial charge < -0.3 is 23.9 Å². The van der Waals surface area contributed by atoms with Crippen LogP contribution < -0.4 is 5.32 Å². The molecule has 3 heterocycles. The van der Waals surface area contributed by atoms with E-state index in [1.807, 2.05) is 24.5 Å². The molecule has 1 N–H and O–H groups in total. The summed E-state index contributed by atoms with van der Waals surface area (Å²) in [7, 11) is 1.65. The van der Waals surface area contributed by atoms with Crippen LogP contribution in [0, 0.1) is 6.92 Å². The van der Waals surface area contributed by atoms with Crippen molar-refractivity contribution in [3.8, 4) is 0 Å². The molecule has 170 valence electrons. The molecule has 2 aliphatic rings. The summed E-state index contributed by atoms with van der Waals surface area (Å²) in [5, 5.41) is 3.31. The first kappa shape index (κ1) is 21.9. The van der Waals surface area contributed by atoms with Gasteiger partial charge in [-0.05, 0) is 33.1 Å². The molecule has 0 radical (unpaired) electrons. The quantitative estimate of drug-likeness (QED) is 0.704. The normalized spacial score (nSPS) is 22.9. The van der Waals surface area contributed by atoms with E-state index in [9.17, 15) is 9.59 Å². The van der Waals surface area contributed by atoms with Crippen molar-refractivity contribution in [1.82, 2.24) is 14.8 Å². The Balaban J connectivity index is 1.63. The van der Waals surface area contributed by atoms with Crippen LogP contribution in [0.15, 0.2) is 16.5 Å². The van der Waals surface area contributed by atoms with Gasteiger partial charge in [-0.3, -0.25) is 9.59 Å². The molecular weight excluding hydrogens is 394 g/mol. The minimum atomic E-state index is -0.961. The number of nitrogens with one attached hydrogen (secondary N) is 1. The summed E-state index contributed by atoms with van der Waals surface area (Å²) in [6.45, 7) is 5.24. The lowest BCUT2D eigenvalue weighted by Gasteiger charge is -2.44. The van der Waals surface area contributed by atoms with Crippen molar-refractivity contribution in [2.24, 2.45) is 0 Å². The number of carbonyl (C=O) groups is 2. The fraction of sp³-hybridized carbons (Fsp3) is 0.667. The highest BCUT2D eigenvalue weighted by molar-refractivity contribution is 6.03. The third kappa shape index (κ3) is 4.25. The van der Waals surface area contributed by atoms with Crippen LogP contribution >= 0.6 is 0 Å². The van der Waals surface area contributed by atoms with Gasteiger partial charge in [0, 0.05) is 38.4 Å². The van der Waals surface area contributed by atoms with Crippen molar-refractivity contribution in [3.63, 3.8) is 0 Å². The zero-order valence-corrected chi connectivity index (χ0v) is 19.0. The van der Waals surface area contributed by atoms with Crippen LogP contribution in [0.3, 0.4) is 0 Å². The molecule has 7 heteroatoms. The number of rotatable bonds is 6. The number of aryl methyl sites for hydroxylation is 1. The average Bonchev–Trinajstić information content (AvgIpc) is 3.23. The van der Waals surface area contributed by atoms with Gasteiger partial charge in [-0.1, -0.05) is 32.1 Å². The van der Waals surface area contributed by atoms with E-state index in [0.717, 1.165) is 37.0 Å². The lowest BCUT2D eigenvalue weighted by molar-refractivity contribution is -0.133. The highest BCUT2D eigenvalue weighted by Crippen LogP contribution is 2.34. The van der Waals surface area contributed by atoms with Crippen LogP contribution in [-0.2, 0) is 16.1 Å². The number of aromatic nitrogens is 1. The lowest BCUT2D eigenvalue weighted by Crippen LogP contribution is -2.65. The zero-order chi connectivity index (χ0) is 22.0. The van der Waals surface area contributed by atoms with Gasteiger partial charge in [0.1, 0.15) is 17.0 Å². The number of nitrogens with zero attached hydrogens (tertiary/aromatic N) is 2. The first-order chi connectivity index (χ1) is 14.9. The van der Waals surface area contributed by atoms with Gasteiger partial charge in [-0.15, -0.1) is 0 Å². The van der Waals surface area contributed by atoms with Gasteiger partial charge in [0.05, 0.1) is 12.1 Å². The molecule has 1 unspecified atom stereocenters. The van der Waals surface area contributed by atoms with Gasteiger partial charge in [0.25, 0.3) is 5.91 Å². The van der Waals surface area contributed by atoms with E-state index in [1.165, 1.54) is 19.3 Å². The van der Waals surface area contributed by atoms with E-state index in [4.69, 9.17) is 9.15 Å². The molecule has 31 heavy (non-hydrogen) atoms. The van der Waals surface area contributed by atoms with E-state index in [2.05, 4.69) is 5.32 Å². The van der Waals surface area contributed by atoms with E-state index in [-0.39, 0.29) is 17.9 Å². The van der Waals surface area contributed by atoms with Crippen LogP contribution in [0.1, 0.15) is 74.5 Å². The minimum absolute atomic E-state index is 0.0587. The largest absolute Gasteiger partial charge is 0.460 e. The Morgan fingerprint density at radius 3 is 2.65 bits per heavy atom. The molecule has 0 spiro atoms. The van der Waals surface area contributed by atoms with Crippen LogP contribution in [-0.4, -0.2) is 53.1 Å². The Bertz CT molecular complexity index is 938. The summed E-state index contributed by atoms with van der Waals surface area (Å²) in [4.78, 5) is 28.9. The smallest absolute Gasteiger partial charge is 0.271 e. The van der Waals surface area contributed by atoms with Gasteiger partial charge in [0.15, 0.2) is 5.58 Å². The maximum Gasteiger partial charge on any atom is 0.271 e. The number of fused-ring (bicyclic) bond motifs is 3. The Kier molecular flexibility index (Phi) is 6.42. The maximum absolute atomic E-state index is 13.7. The number of hydrogen-bond acceptors (Lipinski definition) is 4. The number of carbonyl (C=O) groups excluding carboxylic acids is 2. The lowest BCUT2D eigenvalue weighted by atomic mass is 9.92. The molecule has 1 saturated carbocycles. The average molecular weight is 430 g/mol. The highest BCUT2D eigenvalue weighted by Gasteiger charge is 2.48. The van der Waals surface area contributed by atoms with Crippen LogP contribution in [0.5, 0.6) is 0 Å². The molecule has 4 rings (SSSR count). The van der Waals surface area contributed by atoms with Gasteiger partial charge in [-0.2, -0.15) is 0 Å². The van der Waals surface area contributed by atoms with Crippen molar-refractivity contribution in [3.05, 3.63) is 23.6 Å². The third-order valence-corrected chi connectivity index (χ3v) is 6.90. The molecule has 2 amide bonds. The number of methoxy groups -OCH3 is 1. The Labute approximate surface area is 184 Å². The second-order valence-electron chi connectivity index (χ2n) is 9.31. The van der Waals surface area contributed by atoms with E-state index < -0.39 is 5.54 Å². The summed E-state index contributed by atoms with van der Waals surface area (Å²) >= 11 is 0. The predicted molar refractivity (Wildman–Crippen MR) is 119 cm³/mol. The topological polar surface area (TPSA) is 76.7 Å². The summed E-state index contributed by atoms with van der Waals surface area (Å²) in [5.74, 6) is 0.620. The standard InChI is InChI=1S/C24H35N3O4/c1-17-14-19-21(31-17)15-20-22(28)27(12-9-13-30-3)24(2,16-26(19)20)23(29)25-18-10-7-5-4-6-8-11-18/h14-15,18H,4-13,16H2,1-3H3,(H,25,29). The first-order valence-corrected chi connectivity index (χ1v) is 11.7. The minimum Gasteiger partial charge on any atom is -0.460 e. The van der Waals surface area contributed by atoms with Crippen molar-refractivity contribution >= 4 is 22.9 Å². The fourth-order valence-corrected chi connectivity index (χ4v) is 5.12. The van der Waals surface area contributed by atoms with Crippen LogP contribution in [0.2, 0.25) is 0 Å². The second-order valence-corrected chi connectivity index (χ2v) is 9.31. The third-order valence-electron chi connectivity index (χ3n) is 6.90. The summed E-state index contributed by atoms with van der Waals surface area (Å²) in [5.41, 5.74) is 1.20. The number of amides is 2. The van der Waals surface area contributed by atoms with E-state index in [0.29, 0.717) is 37.4 Å². The van der Waals surface area contributed by atoms with Crippen LogP contribution in [0.4, 0.5) is 0 Å². The Morgan fingerprint density at radius 1 is 1.23 bits per heavy atom. The molecule has 2 aromatic rings. The number of hydrogen-bond donors (Lipinski definition) is 1. The molecule has 0 aromatic carbocycles. The first-order valence-electron chi connectivity index (χ1n) is 11.7. The van der Waals surface area contributed by atoms with Gasteiger partial charge >= 0.3 is 0 Å². The molecule has 1 aliphatic carbocycles. The molecule has 0 bridgehead atoms. The van der Waals surface area contributed by atoms with E-state index in [1.54, 1.807) is 18.1 Å². The summed E-state index contributed by atoms with van der Waals surface area (Å²) in [6, 6.07) is 3.93. The van der Waals surface area contributed by atoms with Crippen molar-refractivity contribution < 1.29 is 18.7 Å². The molecule has 1 fully saturated rings. The molecular formula is C24H35N3O4. The molecule has 2 aromatic heterocycles. The summed E-state index contributed by atoms with van der Waals surface area (Å²) < 4.78 is 12.9. The molecule has 1 atom stereocenters. The van der Waals surface area contributed by atoms with Crippen molar-refractivity contribution in [2.45, 2.75) is 83.3 Å². The highest BCUT2D eigenvalue weighted by atomic mass is 16.5. The zero-order valence-electron chi connectivity index (χ0n) is 19.0. The fourth-order valence-electron chi connectivity index (χ4n) is 5.12. The van der Waals surface area contributed by atoms with Crippen molar-refractivity contribution in [2.75, 3.05) is 20.3 Å². The number of furan rings is 1. The second kappa shape index (κ2) is 9.07. The van der Waals surface area contributed by atoms with Gasteiger partial charge in [0.2, 0.25) is 5.91 Å². The SMILES string of the molecule is COCCCN1C(=O)c2cc3oc(C)cc3n2CC1(C)C(=O)NC1CCCCCCC1. The van der Waals surface area contributed by atoms with Crippen molar-refractivity contribution in [1.29, 1.82) is 0 Å². The predicted octanol–water partition coefficient (Wildman–Crippen LogP) is 4.02. The maximum atomic E-state index is 13.7. The van der Waals surface area contributed by atoms with E-state index >= 15 is 0 Å². The van der Waals surface area contributed by atoms with Gasteiger partial charge in [-0.25, -0.2) is 0 Å². The molecule has 7 nitrogen and oxygen atoms in total. The number of ether oxygens (including phenoxy) is 1. The monoisotopic (exact) mass is 429 g/mol.